The first kappa shape index (κ1) is 22.1. The number of anilines is 1. The summed E-state index contributed by atoms with van der Waals surface area (Å²) in [5, 5.41) is 23.0. The molecule has 2 aliphatic rings. The molecule has 1 aliphatic heterocycles. The van der Waals surface area contributed by atoms with Gasteiger partial charge in [0.05, 0.1) is 22.5 Å². The number of carbonyl (C=O) groups excluding carboxylic acids is 2. The van der Waals surface area contributed by atoms with E-state index < -0.39 is 21.7 Å². The van der Waals surface area contributed by atoms with E-state index in [0.29, 0.717) is 42.0 Å². The van der Waals surface area contributed by atoms with Gasteiger partial charge in [-0.1, -0.05) is 12.1 Å². The zero-order valence-electron chi connectivity index (χ0n) is 17.9. The summed E-state index contributed by atoms with van der Waals surface area (Å²) in [5.74, 6) is -0.898. The van der Waals surface area contributed by atoms with Crippen LogP contribution in [0.25, 0.3) is 0 Å². The highest BCUT2D eigenvalue weighted by molar-refractivity contribution is 6.08. The minimum absolute atomic E-state index is 0.0770. The Bertz CT molecular complexity index is 1200. The summed E-state index contributed by atoms with van der Waals surface area (Å²) < 4.78 is 5.37. The molecule has 1 heterocycles. The Labute approximate surface area is 188 Å². The molecule has 4 rings (SSSR count). The second kappa shape index (κ2) is 8.81. The van der Waals surface area contributed by atoms with Crippen LogP contribution in [-0.2, 0) is 9.59 Å². The van der Waals surface area contributed by atoms with Gasteiger partial charge in [-0.25, -0.2) is 0 Å². The van der Waals surface area contributed by atoms with Crippen LogP contribution in [0.15, 0.2) is 53.7 Å². The van der Waals surface area contributed by atoms with Gasteiger partial charge < -0.3 is 4.74 Å². The summed E-state index contributed by atoms with van der Waals surface area (Å²) in [7, 11) is 0. The van der Waals surface area contributed by atoms with E-state index in [4.69, 9.17) is 4.74 Å². The fourth-order valence-corrected chi connectivity index (χ4v) is 4.51. The summed E-state index contributed by atoms with van der Waals surface area (Å²) >= 11 is 0. The van der Waals surface area contributed by atoms with E-state index in [1.54, 1.807) is 19.1 Å². The van der Waals surface area contributed by atoms with Crippen LogP contribution in [0.5, 0.6) is 5.75 Å². The highest BCUT2D eigenvalue weighted by atomic mass is 16.6. The first-order valence-corrected chi connectivity index (χ1v) is 10.6. The summed E-state index contributed by atoms with van der Waals surface area (Å²) in [5.41, 5.74) is 0.966. The van der Waals surface area contributed by atoms with Crippen LogP contribution in [0.1, 0.15) is 44.1 Å². The topological polar surface area (TPSA) is 133 Å². The van der Waals surface area contributed by atoms with E-state index in [9.17, 15) is 29.8 Å². The highest BCUT2D eigenvalue weighted by Gasteiger charge is 2.41. The largest absolute Gasteiger partial charge is 0.494 e. The zero-order valence-corrected chi connectivity index (χ0v) is 17.9. The molecule has 0 saturated heterocycles. The van der Waals surface area contributed by atoms with Gasteiger partial charge >= 0.3 is 0 Å². The number of nitrogens with zero attached hydrogens (tertiary/aromatic N) is 3. The quantitative estimate of drug-likeness (QED) is 0.468. The van der Waals surface area contributed by atoms with E-state index in [1.807, 2.05) is 0 Å². The first-order chi connectivity index (χ1) is 15.8. The minimum Gasteiger partial charge on any atom is -0.494 e. The first-order valence-electron chi connectivity index (χ1n) is 10.6. The maximum absolute atomic E-state index is 13.3. The Hall–Kier alpha value is -4.08. The molecule has 10 heteroatoms. The normalized spacial score (nSPS) is 18.2. The Morgan fingerprint density at radius 1 is 1.06 bits per heavy atom. The maximum Gasteiger partial charge on any atom is 0.297 e. The smallest absolute Gasteiger partial charge is 0.297 e. The van der Waals surface area contributed by atoms with Gasteiger partial charge in [-0.3, -0.25) is 34.7 Å². The third kappa shape index (κ3) is 4.07. The zero-order chi connectivity index (χ0) is 23.7. The molecule has 0 radical (unpaired) electrons. The van der Waals surface area contributed by atoms with E-state index in [-0.39, 0.29) is 35.7 Å². The molecule has 1 aliphatic carbocycles. The molecule has 2 aromatic rings. The second-order valence-electron chi connectivity index (χ2n) is 7.82. The van der Waals surface area contributed by atoms with Crippen molar-refractivity contribution in [2.75, 3.05) is 11.5 Å². The third-order valence-corrected chi connectivity index (χ3v) is 5.85. The molecule has 1 unspecified atom stereocenters. The molecule has 0 bridgehead atoms. The predicted molar refractivity (Wildman–Crippen MR) is 118 cm³/mol. The van der Waals surface area contributed by atoms with Gasteiger partial charge in [0.25, 0.3) is 11.4 Å². The van der Waals surface area contributed by atoms with E-state index >= 15 is 0 Å². The summed E-state index contributed by atoms with van der Waals surface area (Å²) in [6.45, 7) is 2.08. The number of ether oxygens (including phenoxy) is 1. The Morgan fingerprint density at radius 3 is 2.55 bits per heavy atom. The number of carbonyl (C=O) groups is 2. The number of amides is 1. The van der Waals surface area contributed by atoms with Crippen LogP contribution < -0.4 is 9.64 Å². The lowest BCUT2D eigenvalue weighted by Gasteiger charge is -2.38. The lowest BCUT2D eigenvalue weighted by atomic mass is 9.77. The Morgan fingerprint density at radius 2 is 1.85 bits per heavy atom. The van der Waals surface area contributed by atoms with Gasteiger partial charge in [0.2, 0.25) is 5.91 Å². The lowest BCUT2D eigenvalue weighted by Crippen LogP contribution is -2.40. The van der Waals surface area contributed by atoms with Gasteiger partial charge in [0, 0.05) is 42.2 Å². The maximum atomic E-state index is 13.3. The molecule has 0 spiro atoms. The van der Waals surface area contributed by atoms with Crippen molar-refractivity contribution >= 4 is 28.8 Å². The van der Waals surface area contributed by atoms with E-state index in [1.165, 1.54) is 35.2 Å². The van der Waals surface area contributed by atoms with Crippen molar-refractivity contribution in [1.82, 2.24) is 0 Å². The summed E-state index contributed by atoms with van der Waals surface area (Å²) in [6.07, 6.45) is 1.06. The molecular formula is C23H21N3O7. The van der Waals surface area contributed by atoms with Crippen molar-refractivity contribution in [1.29, 1.82) is 0 Å². The molecule has 0 N–H and O–H groups in total. The van der Waals surface area contributed by atoms with Crippen molar-refractivity contribution in [3.05, 3.63) is 79.5 Å². The second-order valence-corrected chi connectivity index (χ2v) is 7.82. The molecule has 170 valence electrons. The number of Topliss-reactive ketones (excluding diaryl/α,β-unsaturated/α-hetero) is 1. The van der Waals surface area contributed by atoms with Gasteiger partial charge in [-0.2, -0.15) is 0 Å². The number of hydrogen-bond donors (Lipinski definition) is 0. The van der Waals surface area contributed by atoms with Crippen molar-refractivity contribution in [2.45, 2.75) is 38.5 Å². The van der Waals surface area contributed by atoms with Crippen molar-refractivity contribution in [3.8, 4) is 5.75 Å². The Kier molecular flexibility index (Phi) is 5.91. The molecule has 1 atom stereocenters. The summed E-state index contributed by atoms with van der Waals surface area (Å²) in [6, 6.07) is 10.2. The number of benzene rings is 2. The highest BCUT2D eigenvalue weighted by Crippen LogP contribution is 2.46. The third-order valence-electron chi connectivity index (χ3n) is 5.85. The van der Waals surface area contributed by atoms with Crippen LogP contribution in [0.4, 0.5) is 17.1 Å². The monoisotopic (exact) mass is 451 g/mol. The number of nitro benzene ring substituents is 2. The van der Waals surface area contributed by atoms with Crippen LogP contribution in [-0.4, -0.2) is 28.1 Å². The predicted octanol–water partition coefficient (Wildman–Crippen LogP) is 4.43. The number of ketones is 1. The molecular weight excluding hydrogens is 430 g/mol. The summed E-state index contributed by atoms with van der Waals surface area (Å²) in [4.78, 5) is 49.5. The van der Waals surface area contributed by atoms with Gasteiger partial charge in [-0.15, -0.1) is 0 Å². The van der Waals surface area contributed by atoms with Crippen LogP contribution >= 0.6 is 0 Å². The molecule has 33 heavy (non-hydrogen) atoms. The number of allylic oxidation sites excluding steroid dienone is 2. The Balaban J connectivity index is 1.87. The van der Waals surface area contributed by atoms with Crippen molar-refractivity contribution < 1.29 is 24.2 Å². The van der Waals surface area contributed by atoms with Crippen LogP contribution in [0.3, 0.4) is 0 Å². The fourth-order valence-electron chi connectivity index (χ4n) is 4.51. The average Bonchev–Trinajstić information content (AvgIpc) is 2.79. The van der Waals surface area contributed by atoms with E-state index in [2.05, 4.69) is 0 Å². The lowest BCUT2D eigenvalue weighted by molar-refractivity contribution is -0.385. The van der Waals surface area contributed by atoms with Gasteiger partial charge in [-0.05, 0) is 37.5 Å². The molecule has 0 fully saturated rings. The molecule has 0 saturated carbocycles. The molecule has 10 nitrogen and oxygen atoms in total. The van der Waals surface area contributed by atoms with Crippen LogP contribution in [0, 0.1) is 20.2 Å². The number of nitro groups is 2. The van der Waals surface area contributed by atoms with Gasteiger partial charge in [0.15, 0.2) is 5.78 Å². The van der Waals surface area contributed by atoms with Gasteiger partial charge in [0.1, 0.15) is 11.4 Å². The van der Waals surface area contributed by atoms with E-state index in [0.717, 1.165) is 0 Å². The standard InChI is InChI=1S/C23H21N3O7/c1-2-33-16-9-10-18(20(12-16)26(31)32)24-19-7-4-8-21(27)23(19)17(13-22(24)28)14-5-3-6-15(11-14)25(29)30/h3,5-6,9-12,17H,2,4,7-8,13H2,1H3. The van der Waals surface area contributed by atoms with Crippen molar-refractivity contribution in [2.24, 2.45) is 0 Å². The van der Waals surface area contributed by atoms with Crippen molar-refractivity contribution in [3.63, 3.8) is 0 Å². The molecule has 0 aromatic heterocycles. The number of non-ortho nitro benzene ring substituents is 1. The average molecular weight is 451 g/mol. The fraction of sp³-hybridized carbons (Fsp3) is 0.304. The number of rotatable bonds is 6. The number of hydrogen-bond acceptors (Lipinski definition) is 7. The minimum atomic E-state index is -0.641. The molecule has 2 aromatic carbocycles. The molecule has 1 amide bonds. The van der Waals surface area contributed by atoms with Crippen LogP contribution in [0.2, 0.25) is 0 Å². The SMILES string of the molecule is CCOc1ccc(N2C(=O)CC(c3cccc([N+](=O)[O-])c3)C3=C2CCCC3=O)c([N+](=O)[O-])c1.